The largest absolute Gasteiger partial charge is 0.382 e. The maximum Gasteiger partial charge on any atom is 0.155 e. The lowest BCUT2D eigenvalue weighted by atomic mass is 10.4. The van der Waals surface area contributed by atoms with Crippen LogP contribution < -0.4 is 11.5 Å². The predicted octanol–water partition coefficient (Wildman–Crippen LogP) is 0.135. The Labute approximate surface area is 80.6 Å². The van der Waals surface area contributed by atoms with Gasteiger partial charge in [-0.1, -0.05) is 0 Å². The molecule has 72 valence electrons. The van der Waals surface area contributed by atoms with Crippen LogP contribution in [0.5, 0.6) is 0 Å². The summed E-state index contributed by atoms with van der Waals surface area (Å²) < 4.78 is 1.57. The molecule has 0 saturated heterocycles. The highest BCUT2D eigenvalue weighted by molar-refractivity contribution is 5.63. The fourth-order valence-electron chi connectivity index (χ4n) is 1.18. The molecule has 0 spiro atoms. The van der Waals surface area contributed by atoms with Crippen molar-refractivity contribution in [2.75, 3.05) is 11.5 Å². The molecule has 2 heterocycles. The van der Waals surface area contributed by atoms with Crippen molar-refractivity contribution in [3.05, 3.63) is 24.3 Å². The maximum atomic E-state index is 5.67. The topological polar surface area (TPSA) is 95.6 Å². The van der Waals surface area contributed by atoms with Gasteiger partial charge in [0, 0.05) is 6.20 Å². The molecule has 0 aliphatic heterocycles. The van der Waals surface area contributed by atoms with Crippen LogP contribution in [0.15, 0.2) is 18.6 Å². The molecule has 0 saturated carbocycles. The molecule has 0 unspecified atom stereocenters. The first kappa shape index (κ1) is 8.49. The van der Waals surface area contributed by atoms with E-state index >= 15 is 0 Å². The summed E-state index contributed by atoms with van der Waals surface area (Å²) in [6.07, 6.45) is 3.09. The van der Waals surface area contributed by atoms with Gasteiger partial charge in [-0.3, -0.25) is 0 Å². The summed E-state index contributed by atoms with van der Waals surface area (Å²) in [5.41, 5.74) is 12.8. The summed E-state index contributed by atoms with van der Waals surface area (Å²) in [6.45, 7) is 1.88. The zero-order valence-corrected chi connectivity index (χ0v) is 7.68. The molecule has 0 amide bonds. The second kappa shape index (κ2) is 2.99. The molecule has 0 radical (unpaired) electrons. The molecule has 0 aliphatic carbocycles. The van der Waals surface area contributed by atoms with Gasteiger partial charge in [0.1, 0.15) is 12.0 Å². The van der Waals surface area contributed by atoms with Crippen LogP contribution in [0.25, 0.3) is 5.69 Å². The molecule has 0 aromatic carbocycles. The van der Waals surface area contributed by atoms with Gasteiger partial charge in [0.25, 0.3) is 0 Å². The summed E-state index contributed by atoms with van der Waals surface area (Å²) in [4.78, 5) is 7.70. The highest BCUT2D eigenvalue weighted by atomic mass is 15.3. The molecular formula is C8H10N6. The second-order valence-electron chi connectivity index (χ2n) is 2.89. The first-order valence-electron chi connectivity index (χ1n) is 4.07. The zero-order chi connectivity index (χ0) is 10.1. The lowest BCUT2D eigenvalue weighted by molar-refractivity contribution is 0.855. The molecule has 2 rings (SSSR count). The van der Waals surface area contributed by atoms with Gasteiger partial charge >= 0.3 is 0 Å². The van der Waals surface area contributed by atoms with E-state index in [1.165, 1.54) is 6.33 Å². The molecule has 6 heteroatoms. The number of nitrogen functional groups attached to an aromatic ring is 2. The molecule has 0 aliphatic rings. The van der Waals surface area contributed by atoms with Crippen molar-refractivity contribution in [1.82, 2.24) is 19.7 Å². The van der Waals surface area contributed by atoms with E-state index in [1.807, 2.05) is 13.0 Å². The van der Waals surface area contributed by atoms with Gasteiger partial charge in [0.05, 0.1) is 5.69 Å². The van der Waals surface area contributed by atoms with Crippen molar-refractivity contribution < 1.29 is 0 Å². The smallest absolute Gasteiger partial charge is 0.155 e. The maximum absolute atomic E-state index is 5.67. The Morgan fingerprint density at radius 3 is 2.36 bits per heavy atom. The highest BCUT2D eigenvalue weighted by Crippen LogP contribution is 2.18. The van der Waals surface area contributed by atoms with E-state index in [1.54, 1.807) is 10.9 Å². The van der Waals surface area contributed by atoms with Gasteiger partial charge in [-0.15, -0.1) is 0 Å². The van der Waals surface area contributed by atoms with Crippen molar-refractivity contribution >= 4 is 11.6 Å². The van der Waals surface area contributed by atoms with Gasteiger partial charge < -0.3 is 11.5 Å². The lowest BCUT2D eigenvalue weighted by Crippen LogP contribution is -2.08. The van der Waals surface area contributed by atoms with Gasteiger partial charge in [0.15, 0.2) is 11.6 Å². The predicted molar refractivity (Wildman–Crippen MR) is 52.7 cm³/mol. The van der Waals surface area contributed by atoms with E-state index < -0.39 is 0 Å². The van der Waals surface area contributed by atoms with Crippen LogP contribution in [0.2, 0.25) is 0 Å². The van der Waals surface area contributed by atoms with Crippen LogP contribution in [0.3, 0.4) is 0 Å². The third-order valence-electron chi connectivity index (χ3n) is 1.83. The van der Waals surface area contributed by atoms with Crippen molar-refractivity contribution in [3.63, 3.8) is 0 Å². The minimum absolute atomic E-state index is 0.320. The average Bonchev–Trinajstić information content (AvgIpc) is 2.51. The fourth-order valence-corrected chi connectivity index (χ4v) is 1.18. The summed E-state index contributed by atoms with van der Waals surface area (Å²) in [7, 11) is 0. The number of rotatable bonds is 1. The average molecular weight is 190 g/mol. The number of nitrogens with two attached hydrogens (primary N) is 2. The Kier molecular flexibility index (Phi) is 1.81. The fraction of sp³-hybridized carbons (Fsp3) is 0.125. The Morgan fingerprint density at radius 2 is 1.86 bits per heavy atom. The summed E-state index contributed by atoms with van der Waals surface area (Å²) in [5.74, 6) is 0.640. The Balaban J connectivity index is 2.61. The number of hydrogen-bond acceptors (Lipinski definition) is 5. The SMILES string of the molecule is Cc1ccn(-c2c(N)ncnc2N)n1. The van der Waals surface area contributed by atoms with E-state index in [9.17, 15) is 0 Å². The van der Waals surface area contributed by atoms with E-state index in [4.69, 9.17) is 11.5 Å². The van der Waals surface area contributed by atoms with E-state index in [2.05, 4.69) is 15.1 Å². The van der Waals surface area contributed by atoms with Crippen LogP contribution in [-0.4, -0.2) is 19.7 Å². The number of hydrogen-bond donors (Lipinski definition) is 2. The third kappa shape index (κ3) is 1.26. The van der Waals surface area contributed by atoms with Crippen molar-refractivity contribution in [2.24, 2.45) is 0 Å². The van der Waals surface area contributed by atoms with Gasteiger partial charge in [-0.2, -0.15) is 5.10 Å². The van der Waals surface area contributed by atoms with Crippen LogP contribution in [0.1, 0.15) is 5.69 Å². The minimum Gasteiger partial charge on any atom is -0.382 e. The van der Waals surface area contributed by atoms with Crippen LogP contribution >= 0.6 is 0 Å². The molecule has 4 N–H and O–H groups in total. The zero-order valence-electron chi connectivity index (χ0n) is 7.68. The monoisotopic (exact) mass is 190 g/mol. The van der Waals surface area contributed by atoms with Gasteiger partial charge in [-0.05, 0) is 13.0 Å². The number of aromatic nitrogens is 4. The molecule has 0 bridgehead atoms. The molecule has 0 fully saturated rings. The summed E-state index contributed by atoms with van der Waals surface area (Å²) >= 11 is 0. The molecule has 14 heavy (non-hydrogen) atoms. The van der Waals surface area contributed by atoms with Crippen molar-refractivity contribution in [3.8, 4) is 5.69 Å². The van der Waals surface area contributed by atoms with Crippen LogP contribution in [-0.2, 0) is 0 Å². The number of aryl methyl sites for hydroxylation is 1. The minimum atomic E-state index is 0.320. The summed E-state index contributed by atoms with van der Waals surface area (Å²) in [5, 5.41) is 4.18. The number of nitrogens with zero attached hydrogens (tertiary/aromatic N) is 4. The molecule has 0 atom stereocenters. The number of anilines is 2. The van der Waals surface area contributed by atoms with Crippen molar-refractivity contribution in [1.29, 1.82) is 0 Å². The third-order valence-corrected chi connectivity index (χ3v) is 1.83. The van der Waals surface area contributed by atoms with Crippen LogP contribution in [0, 0.1) is 6.92 Å². The Bertz CT molecular complexity index is 440. The Hall–Kier alpha value is -2.11. The normalized spacial score (nSPS) is 10.4. The first-order chi connectivity index (χ1) is 6.68. The Morgan fingerprint density at radius 1 is 1.21 bits per heavy atom. The lowest BCUT2D eigenvalue weighted by Gasteiger charge is -2.05. The first-order valence-corrected chi connectivity index (χ1v) is 4.07. The van der Waals surface area contributed by atoms with Gasteiger partial charge in [0.2, 0.25) is 0 Å². The van der Waals surface area contributed by atoms with E-state index in [-0.39, 0.29) is 0 Å². The van der Waals surface area contributed by atoms with E-state index in [0.717, 1.165) is 5.69 Å². The highest BCUT2D eigenvalue weighted by Gasteiger charge is 2.08. The standard InChI is InChI=1S/C8H10N6/c1-5-2-3-14(13-5)6-7(9)11-4-12-8(6)10/h2-4H,1H3,(H4,9,10,11,12). The van der Waals surface area contributed by atoms with Crippen molar-refractivity contribution in [2.45, 2.75) is 6.92 Å². The summed E-state index contributed by atoms with van der Waals surface area (Å²) in [6, 6.07) is 1.85. The molecular weight excluding hydrogens is 180 g/mol. The molecule has 2 aromatic heterocycles. The second-order valence-corrected chi connectivity index (χ2v) is 2.89. The van der Waals surface area contributed by atoms with Gasteiger partial charge in [-0.25, -0.2) is 14.6 Å². The molecule has 2 aromatic rings. The van der Waals surface area contributed by atoms with E-state index in [0.29, 0.717) is 17.3 Å². The molecule has 6 nitrogen and oxygen atoms in total. The quantitative estimate of drug-likeness (QED) is 0.666. The van der Waals surface area contributed by atoms with Crippen LogP contribution in [0.4, 0.5) is 11.6 Å².